The topological polar surface area (TPSA) is 78.6 Å². The molecule has 1 fully saturated rings. The van der Waals surface area contributed by atoms with E-state index in [0.717, 1.165) is 12.0 Å². The van der Waals surface area contributed by atoms with Crippen LogP contribution in [0.2, 0.25) is 0 Å². The van der Waals surface area contributed by atoms with Crippen LogP contribution < -0.4 is 11.1 Å². The van der Waals surface area contributed by atoms with Crippen molar-refractivity contribution in [1.29, 1.82) is 0 Å². The average Bonchev–Trinajstić information content (AvgIpc) is 2.61. The van der Waals surface area contributed by atoms with Crippen molar-refractivity contribution in [3.8, 4) is 0 Å². The molecule has 0 bridgehead atoms. The quantitative estimate of drug-likeness (QED) is 0.691. The number of urea groups is 1. The molecule has 1 aliphatic rings. The molecule has 2 unspecified atom stereocenters. The van der Waals surface area contributed by atoms with Crippen LogP contribution in [-0.2, 0) is 6.54 Å². The Labute approximate surface area is 157 Å². The molecule has 0 spiro atoms. The van der Waals surface area contributed by atoms with Gasteiger partial charge in [-0.3, -0.25) is 0 Å². The molecule has 0 saturated heterocycles. The monoisotopic (exact) mass is 369 g/mol. The Morgan fingerprint density at radius 1 is 1.28 bits per heavy atom. The van der Waals surface area contributed by atoms with Crippen LogP contribution >= 0.6 is 12.4 Å². The second-order valence-corrected chi connectivity index (χ2v) is 7.00. The number of carbonyl (C=O) groups excluding carboxylic acids is 1. The van der Waals surface area contributed by atoms with E-state index in [4.69, 9.17) is 5.73 Å². The maximum absolute atomic E-state index is 12.1. The first-order chi connectivity index (χ1) is 11.6. The number of aliphatic hydroxyl groups excluding tert-OH is 1. The molecular formula is C19H32ClN3O2. The van der Waals surface area contributed by atoms with E-state index < -0.39 is 6.10 Å². The highest BCUT2D eigenvalue weighted by atomic mass is 35.5. The van der Waals surface area contributed by atoms with E-state index in [2.05, 4.69) is 5.32 Å². The summed E-state index contributed by atoms with van der Waals surface area (Å²) in [5.41, 5.74) is 7.19. The number of hydrogen-bond donors (Lipinski definition) is 3. The molecule has 2 atom stereocenters. The Bertz CT molecular complexity index is 495. The highest BCUT2D eigenvalue weighted by molar-refractivity contribution is 5.85. The highest BCUT2D eigenvalue weighted by Crippen LogP contribution is 2.27. The third-order valence-corrected chi connectivity index (χ3v) is 4.90. The van der Waals surface area contributed by atoms with Gasteiger partial charge in [0.1, 0.15) is 0 Å². The summed E-state index contributed by atoms with van der Waals surface area (Å²) in [6, 6.07) is 9.37. The highest BCUT2D eigenvalue weighted by Gasteiger charge is 2.22. The minimum atomic E-state index is -0.694. The van der Waals surface area contributed by atoms with Crippen molar-refractivity contribution in [2.24, 2.45) is 11.7 Å². The fourth-order valence-corrected chi connectivity index (χ4v) is 3.37. The molecule has 0 aromatic heterocycles. The van der Waals surface area contributed by atoms with Crippen molar-refractivity contribution in [1.82, 2.24) is 10.2 Å². The van der Waals surface area contributed by atoms with Crippen molar-refractivity contribution in [3.63, 3.8) is 0 Å². The van der Waals surface area contributed by atoms with E-state index in [9.17, 15) is 9.90 Å². The van der Waals surface area contributed by atoms with Gasteiger partial charge < -0.3 is 21.1 Å². The van der Waals surface area contributed by atoms with Gasteiger partial charge in [0.2, 0.25) is 0 Å². The van der Waals surface area contributed by atoms with Crippen LogP contribution in [0.15, 0.2) is 30.3 Å². The first-order valence-corrected chi connectivity index (χ1v) is 9.03. The standard InChI is InChI=1S/C19H31N3O2.ClH/c1-22(14-16-10-6-3-7-11-16)19(24)21-13-18(23)17(20)12-15-8-4-2-5-9-15;/h3,6-7,10-11,15,17-18,23H,2,4-5,8-9,12-14,20H2,1H3,(H,21,24);1H. The lowest BCUT2D eigenvalue weighted by molar-refractivity contribution is 0.123. The Balaban J connectivity index is 0.00000312. The zero-order valence-electron chi connectivity index (χ0n) is 15.1. The molecule has 1 aliphatic carbocycles. The van der Waals surface area contributed by atoms with E-state index in [1.165, 1.54) is 32.1 Å². The first kappa shape index (κ1) is 21.7. The molecule has 2 rings (SSSR count). The summed E-state index contributed by atoms with van der Waals surface area (Å²) in [5, 5.41) is 13.0. The summed E-state index contributed by atoms with van der Waals surface area (Å²) < 4.78 is 0. The number of carbonyl (C=O) groups is 1. The van der Waals surface area contributed by atoms with Gasteiger partial charge in [-0.2, -0.15) is 0 Å². The third kappa shape index (κ3) is 7.63. The minimum absolute atomic E-state index is 0. The number of nitrogens with two attached hydrogens (primary N) is 1. The lowest BCUT2D eigenvalue weighted by Gasteiger charge is -2.27. The molecule has 4 N–H and O–H groups in total. The molecule has 1 saturated carbocycles. The lowest BCUT2D eigenvalue weighted by Crippen LogP contribution is -2.47. The number of halogens is 1. The Kier molecular flexibility index (Phi) is 9.86. The summed E-state index contributed by atoms with van der Waals surface area (Å²) in [6.07, 6.45) is 6.44. The Morgan fingerprint density at radius 3 is 2.56 bits per heavy atom. The van der Waals surface area contributed by atoms with E-state index in [1.807, 2.05) is 30.3 Å². The van der Waals surface area contributed by atoms with Gasteiger partial charge in [-0.05, 0) is 17.9 Å². The number of hydrogen-bond acceptors (Lipinski definition) is 3. The zero-order chi connectivity index (χ0) is 17.4. The van der Waals surface area contributed by atoms with Crippen LogP contribution in [0, 0.1) is 5.92 Å². The van der Waals surface area contributed by atoms with Crippen LogP contribution in [0.5, 0.6) is 0 Å². The first-order valence-electron chi connectivity index (χ1n) is 9.03. The van der Waals surface area contributed by atoms with Gasteiger partial charge in [-0.1, -0.05) is 62.4 Å². The fourth-order valence-electron chi connectivity index (χ4n) is 3.37. The SMILES string of the molecule is CN(Cc1ccccc1)C(=O)NCC(O)C(N)CC1CCCCC1.Cl. The predicted molar refractivity (Wildman–Crippen MR) is 104 cm³/mol. The average molecular weight is 370 g/mol. The maximum atomic E-state index is 12.1. The summed E-state index contributed by atoms with van der Waals surface area (Å²) in [7, 11) is 1.75. The molecule has 0 radical (unpaired) electrons. The number of rotatable bonds is 7. The normalized spacial score (nSPS) is 17.2. The van der Waals surface area contributed by atoms with Gasteiger partial charge in [0.05, 0.1) is 6.10 Å². The predicted octanol–water partition coefficient (Wildman–Crippen LogP) is 2.91. The Morgan fingerprint density at radius 2 is 1.92 bits per heavy atom. The van der Waals surface area contributed by atoms with Crippen molar-refractivity contribution in [3.05, 3.63) is 35.9 Å². The summed E-state index contributed by atoms with van der Waals surface area (Å²) in [6.45, 7) is 0.739. The van der Waals surface area contributed by atoms with Gasteiger partial charge in [0, 0.05) is 26.2 Å². The number of nitrogens with zero attached hydrogens (tertiary/aromatic N) is 1. The van der Waals surface area contributed by atoms with Crippen molar-refractivity contribution >= 4 is 18.4 Å². The van der Waals surface area contributed by atoms with Crippen LogP contribution in [-0.4, -0.2) is 41.8 Å². The fraction of sp³-hybridized carbons (Fsp3) is 0.632. The second-order valence-electron chi connectivity index (χ2n) is 7.00. The van der Waals surface area contributed by atoms with Crippen LogP contribution in [0.1, 0.15) is 44.1 Å². The minimum Gasteiger partial charge on any atom is -0.390 e. The third-order valence-electron chi connectivity index (χ3n) is 4.90. The lowest BCUT2D eigenvalue weighted by atomic mass is 9.84. The molecule has 2 amide bonds. The zero-order valence-corrected chi connectivity index (χ0v) is 15.9. The van der Waals surface area contributed by atoms with Gasteiger partial charge in [-0.15, -0.1) is 12.4 Å². The molecule has 5 nitrogen and oxygen atoms in total. The molecule has 142 valence electrons. The molecule has 1 aromatic carbocycles. The van der Waals surface area contributed by atoms with E-state index in [0.29, 0.717) is 12.5 Å². The van der Waals surface area contributed by atoms with Gasteiger partial charge >= 0.3 is 6.03 Å². The smallest absolute Gasteiger partial charge is 0.317 e. The maximum Gasteiger partial charge on any atom is 0.317 e. The number of benzene rings is 1. The summed E-state index contributed by atoms with van der Waals surface area (Å²) in [5.74, 6) is 0.625. The number of nitrogens with one attached hydrogen (secondary N) is 1. The largest absolute Gasteiger partial charge is 0.390 e. The number of amides is 2. The van der Waals surface area contributed by atoms with E-state index in [1.54, 1.807) is 11.9 Å². The van der Waals surface area contributed by atoms with Crippen molar-refractivity contribution in [2.75, 3.05) is 13.6 Å². The van der Waals surface area contributed by atoms with Crippen LogP contribution in [0.25, 0.3) is 0 Å². The molecule has 1 aromatic rings. The van der Waals surface area contributed by atoms with Crippen LogP contribution in [0.3, 0.4) is 0 Å². The molecule has 0 aliphatic heterocycles. The Hall–Kier alpha value is -1.30. The number of aliphatic hydroxyl groups is 1. The van der Waals surface area contributed by atoms with Crippen molar-refractivity contribution in [2.45, 2.75) is 57.2 Å². The van der Waals surface area contributed by atoms with E-state index in [-0.39, 0.29) is 31.0 Å². The van der Waals surface area contributed by atoms with Crippen LogP contribution in [0.4, 0.5) is 4.79 Å². The molecular weight excluding hydrogens is 338 g/mol. The van der Waals surface area contributed by atoms with Gasteiger partial charge in [0.25, 0.3) is 0 Å². The van der Waals surface area contributed by atoms with Gasteiger partial charge in [-0.25, -0.2) is 4.79 Å². The molecule has 25 heavy (non-hydrogen) atoms. The summed E-state index contributed by atoms with van der Waals surface area (Å²) in [4.78, 5) is 13.7. The summed E-state index contributed by atoms with van der Waals surface area (Å²) >= 11 is 0. The molecule has 0 heterocycles. The van der Waals surface area contributed by atoms with Crippen molar-refractivity contribution < 1.29 is 9.90 Å². The van der Waals surface area contributed by atoms with E-state index >= 15 is 0 Å². The van der Waals surface area contributed by atoms with Gasteiger partial charge in [0.15, 0.2) is 0 Å². The molecule has 6 heteroatoms. The second kappa shape index (κ2) is 11.3.